The second-order valence-corrected chi connectivity index (χ2v) is 8.93. The monoisotopic (exact) mass is 428 g/mol. The lowest BCUT2D eigenvalue weighted by Gasteiger charge is -2.28. The highest BCUT2D eigenvalue weighted by atomic mass is 32.2. The predicted octanol–water partition coefficient (Wildman–Crippen LogP) is 2.07. The standard InChI is InChI=1S/C22H24N2O5S/c1-28-19-9-7-18(8-10-19)21-20(17-5-3-2-4-6-17)22(25)24(30(21,26)27)12-11-23-13-15-29-16-14-23/h2-10H,11-16H2,1H3. The molecule has 1 amide bonds. The topological polar surface area (TPSA) is 76.2 Å². The lowest BCUT2D eigenvalue weighted by molar-refractivity contribution is -0.120. The molecule has 0 bridgehead atoms. The molecular formula is C22H24N2O5S. The number of hydrogen-bond acceptors (Lipinski definition) is 6. The van der Waals surface area contributed by atoms with E-state index in [1.54, 1.807) is 55.6 Å². The molecular weight excluding hydrogens is 404 g/mol. The fraction of sp³-hybridized carbons (Fsp3) is 0.318. The Labute approximate surface area is 176 Å². The Bertz CT molecular complexity index is 1040. The SMILES string of the molecule is COc1ccc(C2=C(c3ccccc3)C(=O)N(CCN3CCOCC3)S2(=O)=O)cc1. The van der Waals surface area contributed by atoms with Gasteiger partial charge in [0.1, 0.15) is 10.7 Å². The number of methoxy groups -OCH3 is 1. The molecule has 0 unspecified atom stereocenters. The van der Waals surface area contributed by atoms with E-state index in [0.717, 1.165) is 17.4 Å². The first-order chi connectivity index (χ1) is 14.5. The Hall–Kier alpha value is -2.68. The highest BCUT2D eigenvalue weighted by Crippen LogP contribution is 2.40. The number of amides is 1. The van der Waals surface area contributed by atoms with Gasteiger partial charge in [-0.05, 0) is 35.4 Å². The molecule has 2 aromatic carbocycles. The van der Waals surface area contributed by atoms with Gasteiger partial charge in [-0.25, -0.2) is 12.7 Å². The summed E-state index contributed by atoms with van der Waals surface area (Å²) in [6.07, 6.45) is 0. The highest BCUT2D eigenvalue weighted by Gasteiger charge is 2.44. The largest absolute Gasteiger partial charge is 0.497 e. The summed E-state index contributed by atoms with van der Waals surface area (Å²) in [4.78, 5) is 15.5. The molecule has 0 saturated carbocycles. The average Bonchev–Trinajstić information content (AvgIpc) is 2.98. The Balaban J connectivity index is 1.73. The Morgan fingerprint density at radius 3 is 2.23 bits per heavy atom. The van der Waals surface area contributed by atoms with Gasteiger partial charge in [-0.3, -0.25) is 9.69 Å². The number of nitrogens with zero attached hydrogens (tertiary/aromatic N) is 2. The van der Waals surface area contributed by atoms with Crippen LogP contribution in [0.2, 0.25) is 0 Å². The van der Waals surface area contributed by atoms with Gasteiger partial charge in [-0.15, -0.1) is 0 Å². The number of benzene rings is 2. The first-order valence-corrected chi connectivity index (χ1v) is 11.3. The van der Waals surface area contributed by atoms with Gasteiger partial charge < -0.3 is 9.47 Å². The van der Waals surface area contributed by atoms with Crippen LogP contribution in [0.25, 0.3) is 10.5 Å². The lowest BCUT2D eigenvalue weighted by atomic mass is 10.0. The van der Waals surface area contributed by atoms with Crippen LogP contribution in [-0.2, 0) is 19.6 Å². The van der Waals surface area contributed by atoms with E-state index in [9.17, 15) is 13.2 Å². The average molecular weight is 429 g/mol. The Morgan fingerprint density at radius 1 is 0.933 bits per heavy atom. The van der Waals surface area contributed by atoms with Gasteiger partial charge in [-0.1, -0.05) is 30.3 Å². The van der Waals surface area contributed by atoms with Crippen molar-refractivity contribution in [3.05, 3.63) is 65.7 Å². The van der Waals surface area contributed by atoms with E-state index < -0.39 is 15.9 Å². The van der Waals surface area contributed by atoms with Crippen molar-refractivity contribution in [3.8, 4) is 5.75 Å². The van der Waals surface area contributed by atoms with Gasteiger partial charge in [0.25, 0.3) is 15.9 Å². The summed E-state index contributed by atoms with van der Waals surface area (Å²) in [6, 6.07) is 15.7. The Kier molecular flexibility index (Phi) is 5.90. The number of carbonyl (C=O) groups excluding carboxylic acids is 1. The molecule has 2 aliphatic heterocycles. The van der Waals surface area contributed by atoms with Crippen molar-refractivity contribution in [2.45, 2.75) is 0 Å². The highest BCUT2D eigenvalue weighted by molar-refractivity contribution is 8.00. The van der Waals surface area contributed by atoms with Gasteiger partial charge in [0.15, 0.2) is 0 Å². The van der Waals surface area contributed by atoms with Crippen molar-refractivity contribution in [2.24, 2.45) is 0 Å². The van der Waals surface area contributed by atoms with Crippen LogP contribution in [0.15, 0.2) is 54.6 Å². The quantitative estimate of drug-likeness (QED) is 0.701. The maximum atomic E-state index is 13.5. The van der Waals surface area contributed by atoms with Gasteiger partial charge in [0.05, 0.1) is 32.4 Å². The van der Waals surface area contributed by atoms with Crippen LogP contribution in [0.1, 0.15) is 11.1 Å². The van der Waals surface area contributed by atoms with E-state index in [-0.39, 0.29) is 17.0 Å². The number of sulfonamides is 1. The van der Waals surface area contributed by atoms with Crippen LogP contribution >= 0.6 is 0 Å². The maximum absolute atomic E-state index is 13.5. The first kappa shape index (κ1) is 20.6. The zero-order valence-electron chi connectivity index (χ0n) is 16.8. The number of morpholine rings is 1. The van der Waals surface area contributed by atoms with E-state index in [1.165, 1.54) is 0 Å². The molecule has 30 heavy (non-hydrogen) atoms. The van der Waals surface area contributed by atoms with E-state index >= 15 is 0 Å². The fourth-order valence-electron chi connectivity index (χ4n) is 3.74. The Morgan fingerprint density at radius 2 is 1.60 bits per heavy atom. The molecule has 158 valence electrons. The van der Waals surface area contributed by atoms with Crippen molar-refractivity contribution < 1.29 is 22.7 Å². The lowest BCUT2D eigenvalue weighted by Crippen LogP contribution is -2.43. The minimum Gasteiger partial charge on any atom is -0.497 e. The minimum absolute atomic E-state index is 0.0448. The van der Waals surface area contributed by atoms with Crippen LogP contribution in [-0.4, -0.2) is 70.0 Å². The van der Waals surface area contributed by atoms with Crippen LogP contribution < -0.4 is 4.74 Å². The van der Waals surface area contributed by atoms with Crippen LogP contribution in [0.5, 0.6) is 5.75 Å². The molecule has 0 atom stereocenters. The number of rotatable bonds is 6. The number of hydrogen-bond donors (Lipinski definition) is 0. The van der Waals surface area contributed by atoms with Crippen LogP contribution in [0.3, 0.4) is 0 Å². The van der Waals surface area contributed by atoms with Crippen LogP contribution in [0.4, 0.5) is 0 Å². The van der Waals surface area contributed by atoms with E-state index in [4.69, 9.17) is 9.47 Å². The first-order valence-electron chi connectivity index (χ1n) is 9.83. The number of carbonyl (C=O) groups is 1. The zero-order valence-corrected chi connectivity index (χ0v) is 17.6. The molecule has 0 radical (unpaired) electrons. The summed E-state index contributed by atoms with van der Waals surface area (Å²) in [6.45, 7) is 3.28. The second kappa shape index (κ2) is 8.59. The third-order valence-electron chi connectivity index (χ3n) is 5.35. The molecule has 4 rings (SSSR count). The molecule has 0 aromatic heterocycles. The van der Waals surface area contributed by atoms with Crippen molar-refractivity contribution in [1.82, 2.24) is 9.21 Å². The van der Waals surface area contributed by atoms with Gasteiger partial charge >= 0.3 is 0 Å². The second-order valence-electron chi connectivity index (χ2n) is 7.13. The molecule has 2 aliphatic rings. The molecule has 0 aliphatic carbocycles. The summed E-state index contributed by atoms with van der Waals surface area (Å²) < 4.78 is 38.5. The molecule has 1 saturated heterocycles. The zero-order chi connectivity index (χ0) is 21.1. The summed E-state index contributed by atoms with van der Waals surface area (Å²) in [7, 11) is -2.43. The van der Waals surface area contributed by atoms with Crippen molar-refractivity contribution in [3.63, 3.8) is 0 Å². The minimum atomic E-state index is -3.98. The fourth-order valence-corrected chi connectivity index (χ4v) is 5.49. The van der Waals surface area contributed by atoms with Crippen LogP contribution in [0, 0.1) is 0 Å². The molecule has 8 heteroatoms. The third kappa shape index (κ3) is 3.86. The predicted molar refractivity (Wildman–Crippen MR) is 114 cm³/mol. The summed E-state index contributed by atoms with van der Waals surface area (Å²) in [5, 5.41) is 0. The third-order valence-corrected chi connectivity index (χ3v) is 7.24. The molecule has 0 spiro atoms. The van der Waals surface area contributed by atoms with Crippen molar-refractivity contribution >= 4 is 26.4 Å². The molecule has 7 nitrogen and oxygen atoms in total. The normalized spacial score (nSPS) is 19.4. The number of ether oxygens (including phenoxy) is 2. The maximum Gasteiger partial charge on any atom is 0.269 e. The molecule has 2 aromatic rings. The van der Waals surface area contributed by atoms with Gasteiger partial charge in [0.2, 0.25) is 0 Å². The van der Waals surface area contributed by atoms with E-state index in [0.29, 0.717) is 36.6 Å². The molecule has 2 heterocycles. The van der Waals surface area contributed by atoms with Crippen molar-refractivity contribution in [1.29, 1.82) is 0 Å². The molecule has 1 fully saturated rings. The smallest absolute Gasteiger partial charge is 0.269 e. The summed E-state index contributed by atoms with van der Waals surface area (Å²) >= 11 is 0. The summed E-state index contributed by atoms with van der Waals surface area (Å²) in [5.41, 5.74) is 1.27. The molecule has 0 N–H and O–H groups in total. The van der Waals surface area contributed by atoms with Crippen molar-refractivity contribution in [2.75, 3.05) is 46.5 Å². The van der Waals surface area contributed by atoms with E-state index in [2.05, 4.69) is 4.90 Å². The van der Waals surface area contributed by atoms with Gasteiger partial charge in [0, 0.05) is 19.6 Å². The summed E-state index contributed by atoms with van der Waals surface area (Å²) in [5.74, 6) is 0.131. The van der Waals surface area contributed by atoms with E-state index in [1.807, 2.05) is 6.07 Å². The van der Waals surface area contributed by atoms with Gasteiger partial charge in [-0.2, -0.15) is 0 Å².